The maximum atomic E-state index is 8.67. The normalized spacial score (nSPS) is 15.2. The number of nitrogens with one attached hydrogen (secondary N) is 1. The van der Waals surface area contributed by atoms with Crippen molar-refractivity contribution < 1.29 is 5.11 Å². The van der Waals surface area contributed by atoms with Gasteiger partial charge >= 0.3 is 0 Å². The van der Waals surface area contributed by atoms with Crippen molar-refractivity contribution in [2.45, 2.75) is 61.3 Å². The molecule has 0 radical (unpaired) electrons. The highest BCUT2D eigenvalue weighted by atomic mass is 16.3. The van der Waals surface area contributed by atoms with E-state index < -0.39 is 0 Å². The van der Waals surface area contributed by atoms with E-state index in [2.05, 4.69) is 12.2 Å². The molecule has 15 heavy (non-hydrogen) atoms. The molecule has 0 spiro atoms. The Morgan fingerprint density at radius 2 is 1.40 bits per heavy atom. The van der Waals surface area contributed by atoms with Gasteiger partial charge in [0.05, 0.1) is 0 Å². The van der Waals surface area contributed by atoms with Gasteiger partial charge in [-0.3, -0.25) is 0 Å². The van der Waals surface area contributed by atoms with Crippen LogP contribution in [0.4, 0.5) is 0 Å². The van der Waals surface area contributed by atoms with Crippen molar-refractivity contribution in [1.29, 1.82) is 0 Å². The summed E-state index contributed by atoms with van der Waals surface area (Å²) in [4.78, 5) is 0. The first-order chi connectivity index (χ1) is 7.33. The molecule has 0 aromatic carbocycles. The van der Waals surface area contributed by atoms with E-state index in [1.54, 1.807) is 0 Å². The maximum Gasteiger partial charge on any atom is 0.0437 e. The molecule has 0 aliphatic carbocycles. The highest BCUT2D eigenvalue weighted by Gasteiger charge is 2.33. The Hall–Kier alpha value is -0.0800. The second kappa shape index (κ2) is 16.4. The molecule has 0 aromatic rings. The van der Waals surface area contributed by atoms with Gasteiger partial charge in [0, 0.05) is 19.7 Å². The van der Waals surface area contributed by atoms with Crippen LogP contribution in [0.1, 0.15) is 61.3 Å². The molecular formula is C13H33NO. The van der Waals surface area contributed by atoms with Crippen LogP contribution in [0.3, 0.4) is 0 Å². The Bertz CT molecular complexity index is 85.0. The molecule has 0 bridgehead atoms. The molecule has 1 fully saturated rings. The molecule has 0 unspecified atom stereocenters. The highest BCUT2D eigenvalue weighted by Crippen LogP contribution is 2.29. The first kappa shape index (κ1) is 20.3. The third kappa shape index (κ3) is 8.88. The first-order valence-corrected chi connectivity index (χ1v) is 6.64. The molecule has 0 amide bonds. The topological polar surface area (TPSA) is 32.3 Å². The maximum absolute atomic E-state index is 8.67. The van der Waals surface area contributed by atoms with E-state index in [9.17, 15) is 0 Å². The van der Waals surface area contributed by atoms with Crippen LogP contribution in [0.5, 0.6) is 0 Å². The highest BCUT2D eigenvalue weighted by molar-refractivity contribution is 4.90. The zero-order valence-corrected chi connectivity index (χ0v) is 12.0. The van der Waals surface area contributed by atoms with E-state index in [0.717, 1.165) is 19.5 Å². The van der Waals surface area contributed by atoms with Crippen molar-refractivity contribution in [2.24, 2.45) is 5.41 Å². The van der Waals surface area contributed by atoms with Crippen molar-refractivity contribution in [3.8, 4) is 0 Å². The van der Waals surface area contributed by atoms with E-state index in [1.807, 2.05) is 41.5 Å². The number of aliphatic hydroxyl groups excluding tert-OH is 1. The minimum absolute atomic E-state index is 0.343. The number of hydrogen-bond acceptors (Lipinski definition) is 2. The van der Waals surface area contributed by atoms with E-state index in [1.165, 1.54) is 6.42 Å². The largest absolute Gasteiger partial charge is 0.396 e. The second-order valence-corrected chi connectivity index (χ2v) is 2.93. The Morgan fingerprint density at radius 1 is 1.00 bits per heavy atom. The third-order valence-electron chi connectivity index (χ3n) is 2.39. The van der Waals surface area contributed by atoms with Gasteiger partial charge in [0.15, 0.2) is 0 Å². The number of rotatable bonds is 3. The van der Waals surface area contributed by atoms with Gasteiger partial charge in [0.25, 0.3) is 0 Å². The Morgan fingerprint density at radius 3 is 1.47 bits per heavy atom. The molecule has 1 aliphatic rings. The van der Waals surface area contributed by atoms with Crippen LogP contribution < -0.4 is 5.32 Å². The van der Waals surface area contributed by atoms with Crippen molar-refractivity contribution in [1.82, 2.24) is 5.32 Å². The Balaban J connectivity index is -0.000000208. The number of hydrogen-bond donors (Lipinski definition) is 2. The van der Waals surface area contributed by atoms with Gasteiger partial charge in [-0.1, -0.05) is 48.5 Å². The first-order valence-electron chi connectivity index (χ1n) is 6.64. The summed E-state index contributed by atoms with van der Waals surface area (Å²) < 4.78 is 0. The third-order valence-corrected chi connectivity index (χ3v) is 2.39. The van der Waals surface area contributed by atoms with E-state index in [4.69, 9.17) is 5.11 Å². The molecular weight excluding hydrogens is 186 g/mol. The molecule has 2 nitrogen and oxygen atoms in total. The van der Waals surface area contributed by atoms with Crippen molar-refractivity contribution in [3.63, 3.8) is 0 Å². The summed E-state index contributed by atoms with van der Waals surface area (Å²) in [6.07, 6.45) is 2.16. The zero-order chi connectivity index (χ0) is 12.7. The zero-order valence-electron chi connectivity index (χ0n) is 12.0. The Kier molecular flexibility index (Phi) is 22.2. The van der Waals surface area contributed by atoms with Gasteiger partial charge in [-0.2, -0.15) is 0 Å². The fraction of sp³-hybridized carbons (Fsp3) is 1.00. The molecule has 0 saturated carbocycles. The van der Waals surface area contributed by atoms with Gasteiger partial charge in [-0.25, -0.2) is 0 Å². The minimum Gasteiger partial charge on any atom is -0.396 e. The SMILES string of the molecule is CC.CC.CC.CCC1(CCO)CNC1. The smallest absolute Gasteiger partial charge is 0.0437 e. The van der Waals surface area contributed by atoms with Crippen LogP contribution >= 0.6 is 0 Å². The fourth-order valence-electron chi connectivity index (χ4n) is 1.32. The van der Waals surface area contributed by atoms with E-state index in [0.29, 0.717) is 12.0 Å². The lowest BCUT2D eigenvalue weighted by molar-refractivity contribution is 0.109. The molecule has 0 atom stereocenters. The average Bonchev–Trinajstić information content (AvgIpc) is 2.32. The van der Waals surface area contributed by atoms with Crippen LogP contribution in [0.2, 0.25) is 0 Å². The number of aliphatic hydroxyl groups is 1. The molecule has 2 N–H and O–H groups in total. The average molecular weight is 219 g/mol. The summed E-state index contributed by atoms with van der Waals surface area (Å²) in [5.74, 6) is 0. The molecule has 1 heterocycles. The van der Waals surface area contributed by atoms with Crippen molar-refractivity contribution in [2.75, 3.05) is 19.7 Å². The summed E-state index contributed by atoms with van der Waals surface area (Å²) in [6.45, 7) is 16.7. The van der Waals surface area contributed by atoms with Crippen LogP contribution in [0.25, 0.3) is 0 Å². The van der Waals surface area contributed by atoms with Crippen LogP contribution in [0.15, 0.2) is 0 Å². The van der Waals surface area contributed by atoms with Crippen LogP contribution in [-0.2, 0) is 0 Å². The molecule has 96 valence electrons. The lowest BCUT2D eigenvalue weighted by Gasteiger charge is -2.41. The lowest BCUT2D eigenvalue weighted by atomic mass is 9.77. The predicted molar refractivity (Wildman–Crippen MR) is 71.3 cm³/mol. The van der Waals surface area contributed by atoms with Crippen molar-refractivity contribution >= 4 is 0 Å². The van der Waals surface area contributed by atoms with Gasteiger partial charge in [0.1, 0.15) is 0 Å². The standard InChI is InChI=1S/C7H15NO.3C2H6/c1-2-7(3-4-9)5-8-6-7;3*1-2/h8-9H,2-6H2,1H3;3*1-2H3. The summed E-state index contributed by atoms with van der Waals surface area (Å²) >= 11 is 0. The monoisotopic (exact) mass is 219 g/mol. The van der Waals surface area contributed by atoms with Gasteiger partial charge < -0.3 is 10.4 Å². The molecule has 1 saturated heterocycles. The van der Waals surface area contributed by atoms with E-state index in [-0.39, 0.29) is 0 Å². The second-order valence-electron chi connectivity index (χ2n) is 2.93. The quantitative estimate of drug-likeness (QED) is 0.762. The summed E-state index contributed by atoms with van der Waals surface area (Å²) in [5.41, 5.74) is 0.453. The predicted octanol–water partition coefficient (Wildman–Crippen LogP) is 3.45. The molecule has 1 aliphatic heterocycles. The summed E-state index contributed by atoms with van der Waals surface area (Å²) in [7, 11) is 0. The van der Waals surface area contributed by atoms with E-state index >= 15 is 0 Å². The molecule has 0 aromatic heterocycles. The molecule has 1 rings (SSSR count). The van der Waals surface area contributed by atoms with Crippen molar-refractivity contribution in [3.05, 3.63) is 0 Å². The minimum atomic E-state index is 0.343. The molecule has 2 heteroatoms. The van der Waals surface area contributed by atoms with Gasteiger partial charge in [-0.15, -0.1) is 0 Å². The van der Waals surface area contributed by atoms with Gasteiger partial charge in [0.2, 0.25) is 0 Å². The lowest BCUT2D eigenvalue weighted by Crippen LogP contribution is -2.53. The summed E-state index contributed by atoms with van der Waals surface area (Å²) in [6, 6.07) is 0. The fourth-order valence-corrected chi connectivity index (χ4v) is 1.32. The summed E-state index contributed by atoms with van der Waals surface area (Å²) in [5, 5.41) is 11.9. The Labute approximate surface area is 97.5 Å². The van der Waals surface area contributed by atoms with Crippen LogP contribution in [-0.4, -0.2) is 24.8 Å². The van der Waals surface area contributed by atoms with Crippen LogP contribution in [0, 0.1) is 5.41 Å². The van der Waals surface area contributed by atoms with Gasteiger partial charge in [-0.05, 0) is 18.3 Å².